The Labute approximate surface area is 149 Å². The van der Waals surface area contributed by atoms with E-state index in [0.717, 1.165) is 24.8 Å². The standard InChI is InChI=1S/C18H25N3O3S/c1-13(2)12-15-6-8-16(9-7-15)25(22,23)21-18(10-4-5-11-18)17-19-14(3)24-20-17/h6-9,13,21H,4-5,10-12H2,1-3H3. The van der Waals surface area contributed by atoms with Gasteiger partial charge >= 0.3 is 0 Å². The van der Waals surface area contributed by atoms with E-state index < -0.39 is 15.6 Å². The lowest BCUT2D eigenvalue weighted by Crippen LogP contribution is -2.44. The molecule has 1 aromatic heterocycles. The molecule has 0 saturated heterocycles. The highest BCUT2D eigenvalue weighted by molar-refractivity contribution is 7.89. The van der Waals surface area contributed by atoms with E-state index in [-0.39, 0.29) is 4.90 Å². The lowest BCUT2D eigenvalue weighted by molar-refractivity contribution is 0.338. The zero-order valence-electron chi connectivity index (χ0n) is 14.9. The third-order valence-corrected chi connectivity index (χ3v) is 6.17. The van der Waals surface area contributed by atoms with Crippen LogP contribution in [0.2, 0.25) is 0 Å². The average molecular weight is 363 g/mol. The molecule has 1 N–H and O–H groups in total. The van der Waals surface area contributed by atoms with Crippen molar-refractivity contribution in [2.75, 3.05) is 0 Å². The van der Waals surface area contributed by atoms with Crippen molar-refractivity contribution < 1.29 is 12.9 Å². The van der Waals surface area contributed by atoms with E-state index in [2.05, 4.69) is 28.7 Å². The predicted octanol–water partition coefficient (Wildman–Crippen LogP) is 3.32. The second-order valence-corrected chi connectivity index (χ2v) is 8.96. The molecule has 1 saturated carbocycles. The minimum atomic E-state index is -3.66. The summed E-state index contributed by atoms with van der Waals surface area (Å²) in [5, 5.41) is 3.98. The second kappa shape index (κ2) is 6.88. The van der Waals surface area contributed by atoms with Crippen molar-refractivity contribution in [2.24, 2.45) is 5.92 Å². The molecule has 3 rings (SSSR count). The number of nitrogens with zero attached hydrogens (tertiary/aromatic N) is 2. The molecule has 0 radical (unpaired) electrons. The molecule has 1 fully saturated rings. The maximum absolute atomic E-state index is 12.9. The molecule has 1 aromatic carbocycles. The normalized spacial score (nSPS) is 17.3. The van der Waals surface area contributed by atoms with Crippen LogP contribution < -0.4 is 4.72 Å². The average Bonchev–Trinajstić information content (AvgIpc) is 3.17. The molecule has 0 spiro atoms. The first-order valence-corrected chi connectivity index (χ1v) is 10.2. The van der Waals surface area contributed by atoms with E-state index in [1.165, 1.54) is 0 Å². The van der Waals surface area contributed by atoms with Crippen molar-refractivity contribution in [1.29, 1.82) is 0 Å². The summed E-state index contributed by atoms with van der Waals surface area (Å²) in [5.74, 6) is 1.41. The van der Waals surface area contributed by atoms with Gasteiger partial charge in [0.1, 0.15) is 0 Å². The van der Waals surface area contributed by atoms with Crippen molar-refractivity contribution in [3.05, 3.63) is 41.5 Å². The molecule has 6 nitrogen and oxygen atoms in total. The van der Waals surface area contributed by atoms with Crippen LogP contribution in [0.15, 0.2) is 33.7 Å². The van der Waals surface area contributed by atoms with E-state index in [1.807, 2.05) is 12.1 Å². The van der Waals surface area contributed by atoms with Gasteiger partial charge in [-0.25, -0.2) is 8.42 Å². The Hall–Kier alpha value is -1.73. The van der Waals surface area contributed by atoms with Crippen molar-refractivity contribution in [2.45, 2.75) is 63.3 Å². The Morgan fingerprint density at radius 3 is 2.36 bits per heavy atom. The van der Waals surface area contributed by atoms with Gasteiger partial charge in [-0.3, -0.25) is 0 Å². The van der Waals surface area contributed by atoms with Crippen molar-refractivity contribution >= 4 is 10.0 Å². The van der Waals surface area contributed by atoms with Crippen LogP contribution in [0.25, 0.3) is 0 Å². The maximum Gasteiger partial charge on any atom is 0.241 e. The number of benzene rings is 1. The fourth-order valence-electron chi connectivity index (χ4n) is 3.44. The van der Waals surface area contributed by atoms with Gasteiger partial charge in [-0.2, -0.15) is 9.71 Å². The van der Waals surface area contributed by atoms with Gasteiger partial charge in [-0.1, -0.05) is 44.0 Å². The SMILES string of the molecule is Cc1nc(C2(NS(=O)(=O)c3ccc(CC(C)C)cc3)CCCC2)no1. The van der Waals surface area contributed by atoms with Gasteiger partial charge in [0.15, 0.2) is 5.82 Å². The Morgan fingerprint density at radius 2 is 1.84 bits per heavy atom. The first-order chi connectivity index (χ1) is 11.8. The van der Waals surface area contributed by atoms with Crippen LogP contribution in [0.1, 0.15) is 56.8 Å². The summed E-state index contributed by atoms with van der Waals surface area (Å²) in [6, 6.07) is 7.11. The minimum Gasteiger partial charge on any atom is -0.340 e. The number of aryl methyl sites for hydroxylation is 1. The summed E-state index contributed by atoms with van der Waals surface area (Å²) in [6.07, 6.45) is 4.15. The molecule has 1 heterocycles. The van der Waals surface area contributed by atoms with Crippen molar-refractivity contribution in [1.82, 2.24) is 14.9 Å². The molecule has 1 aliphatic carbocycles. The Bertz CT molecular complexity index is 820. The third kappa shape index (κ3) is 3.93. The molecule has 0 amide bonds. The summed E-state index contributed by atoms with van der Waals surface area (Å²) in [7, 11) is -3.66. The van der Waals surface area contributed by atoms with Crippen molar-refractivity contribution in [3.63, 3.8) is 0 Å². The predicted molar refractivity (Wildman–Crippen MR) is 94.5 cm³/mol. The van der Waals surface area contributed by atoms with Crippen molar-refractivity contribution in [3.8, 4) is 0 Å². The quantitative estimate of drug-likeness (QED) is 0.851. The third-order valence-electron chi connectivity index (χ3n) is 4.62. The fourth-order valence-corrected chi connectivity index (χ4v) is 4.86. The van der Waals surface area contributed by atoms with Crippen LogP contribution >= 0.6 is 0 Å². The molecule has 0 bridgehead atoms. The molecule has 0 aliphatic heterocycles. The molecule has 0 atom stereocenters. The molecular formula is C18H25N3O3S. The monoisotopic (exact) mass is 363 g/mol. The van der Waals surface area contributed by atoms with Gasteiger partial charge in [-0.05, 0) is 42.9 Å². The molecule has 2 aromatic rings. The van der Waals surface area contributed by atoms with E-state index in [0.29, 0.717) is 30.5 Å². The van der Waals surface area contributed by atoms with Gasteiger partial charge in [0.2, 0.25) is 15.9 Å². The number of aromatic nitrogens is 2. The van der Waals surface area contributed by atoms with E-state index in [9.17, 15) is 8.42 Å². The zero-order chi connectivity index (χ0) is 18.1. The number of sulfonamides is 1. The molecule has 136 valence electrons. The zero-order valence-corrected chi connectivity index (χ0v) is 15.8. The summed E-state index contributed by atoms with van der Waals surface area (Å²) in [5.41, 5.74) is 0.367. The summed E-state index contributed by atoms with van der Waals surface area (Å²) in [6.45, 7) is 5.99. The number of hydrogen-bond acceptors (Lipinski definition) is 5. The van der Waals surface area contributed by atoms with Crippen LogP contribution in [0.5, 0.6) is 0 Å². The van der Waals surface area contributed by atoms with Crippen LogP contribution in [0, 0.1) is 12.8 Å². The van der Waals surface area contributed by atoms with E-state index in [4.69, 9.17) is 4.52 Å². The Kier molecular flexibility index (Phi) is 4.97. The first-order valence-electron chi connectivity index (χ1n) is 8.74. The summed E-state index contributed by atoms with van der Waals surface area (Å²) >= 11 is 0. The van der Waals surface area contributed by atoms with Gasteiger partial charge in [0.25, 0.3) is 0 Å². The highest BCUT2D eigenvalue weighted by Gasteiger charge is 2.43. The van der Waals surface area contributed by atoms with Crippen LogP contribution in [0.3, 0.4) is 0 Å². The smallest absolute Gasteiger partial charge is 0.241 e. The van der Waals surface area contributed by atoms with Crippen LogP contribution in [-0.2, 0) is 22.0 Å². The Balaban J connectivity index is 1.86. The van der Waals surface area contributed by atoms with E-state index in [1.54, 1.807) is 19.1 Å². The molecular weight excluding hydrogens is 338 g/mol. The van der Waals surface area contributed by atoms with Gasteiger partial charge < -0.3 is 4.52 Å². The van der Waals surface area contributed by atoms with Gasteiger partial charge in [-0.15, -0.1) is 0 Å². The largest absolute Gasteiger partial charge is 0.340 e. The van der Waals surface area contributed by atoms with Gasteiger partial charge in [0, 0.05) is 6.92 Å². The highest BCUT2D eigenvalue weighted by atomic mass is 32.2. The van der Waals surface area contributed by atoms with Crippen LogP contribution in [0.4, 0.5) is 0 Å². The topological polar surface area (TPSA) is 85.1 Å². The number of rotatable bonds is 6. The molecule has 7 heteroatoms. The first kappa shape index (κ1) is 18.1. The Morgan fingerprint density at radius 1 is 1.20 bits per heavy atom. The van der Waals surface area contributed by atoms with E-state index >= 15 is 0 Å². The fraction of sp³-hybridized carbons (Fsp3) is 0.556. The molecule has 25 heavy (non-hydrogen) atoms. The summed E-state index contributed by atoms with van der Waals surface area (Å²) < 4.78 is 33.8. The maximum atomic E-state index is 12.9. The highest BCUT2D eigenvalue weighted by Crippen LogP contribution is 2.38. The molecule has 1 aliphatic rings. The minimum absolute atomic E-state index is 0.270. The lowest BCUT2D eigenvalue weighted by Gasteiger charge is -2.26. The molecule has 0 unspecified atom stereocenters. The summed E-state index contributed by atoms with van der Waals surface area (Å²) in [4.78, 5) is 4.55. The number of hydrogen-bond donors (Lipinski definition) is 1. The lowest BCUT2D eigenvalue weighted by atomic mass is 9.98. The van der Waals surface area contributed by atoms with Crippen LogP contribution in [-0.4, -0.2) is 18.6 Å². The number of nitrogens with one attached hydrogen (secondary N) is 1. The van der Waals surface area contributed by atoms with Gasteiger partial charge in [0.05, 0.1) is 10.4 Å². The second-order valence-electron chi connectivity index (χ2n) is 7.27.